The summed E-state index contributed by atoms with van der Waals surface area (Å²) < 4.78 is 32.0. The van der Waals surface area contributed by atoms with E-state index < -0.39 is 22.2 Å². The molecule has 0 aromatic heterocycles. The Morgan fingerprint density at radius 3 is 2.52 bits per heavy atom. The van der Waals surface area contributed by atoms with Crippen LogP contribution in [0.5, 0.6) is 5.75 Å². The Morgan fingerprint density at radius 2 is 1.78 bits per heavy atom. The molecular weight excluding hydrogens is 314 g/mol. The van der Waals surface area contributed by atoms with Crippen LogP contribution in [0.4, 0.5) is 0 Å². The number of para-hydroxylation sites is 1. The van der Waals surface area contributed by atoms with Crippen LogP contribution in [0.3, 0.4) is 0 Å². The number of rotatable bonds is 3. The van der Waals surface area contributed by atoms with Gasteiger partial charge in [-0.05, 0) is 24.1 Å². The third kappa shape index (κ3) is 2.63. The van der Waals surface area contributed by atoms with E-state index in [2.05, 4.69) is 0 Å². The molecule has 0 bridgehead atoms. The molecule has 2 aromatic rings. The van der Waals surface area contributed by atoms with Crippen molar-refractivity contribution in [3.8, 4) is 5.75 Å². The van der Waals surface area contributed by atoms with Gasteiger partial charge in [-0.25, -0.2) is 8.42 Å². The fourth-order valence-corrected chi connectivity index (χ4v) is 4.63. The number of nitrogens with zero attached hydrogens (tertiary/aromatic N) is 1. The van der Waals surface area contributed by atoms with E-state index in [1.54, 1.807) is 25.3 Å². The molecule has 0 spiro atoms. The van der Waals surface area contributed by atoms with Gasteiger partial charge in [0.2, 0.25) is 10.0 Å². The summed E-state index contributed by atoms with van der Waals surface area (Å²) in [6, 6.07) is 13.5. The highest BCUT2D eigenvalue weighted by atomic mass is 32.2. The molecular formula is C17H19NO4S. The van der Waals surface area contributed by atoms with Crippen molar-refractivity contribution in [1.82, 2.24) is 4.31 Å². The fourth-order valence-electron chi connectivity index (χ4n) is 3.04. The zero-order chi connectivity index (χ0) is 16.6. The number of aliphatic hydroxyl groups excluding tert-OH is 1. The van der Waals surface area contributed by atoms with Gasteiger partial charge in [0, 0.05) is 12.6 Å². The van der Waals surface area contributed by atoms with E-state index >= 15 is 0 Å². The summed E-state index contributed by atoms with van der Waals surface area (Å²) in [4.78, 5) is 0.172. The average Bonchev–Trinajstić information content (AvgIpc) is 2.57. The molecule has 3 rings (SSSR count). The number of hydrogen-bond donors (Lipinski definition) is 1. The molecule has 5 nitrogen and oxygen atoms in total. The minimum absolute atomic E-state index is 0.172. The van der Waals surface area contributed by atoms with E-state index in [1.165, 1.54) is 17.4 Å². The molecule has 0 saturated carbocycles. The summed E-state index contributed by atoms with van der Waals surface area (Å²) >= 11 is 0. The van der Waals surface area contributed by atoms with E-state index in [1.807, 2.05) is 24.3 Å². The number of aliphatic hydroxyl groups is 1. The summed E-state index contributed by atoms with van der Waals surface area (Å²) in [5.74, 6) is 0.685. The van der Waals surface area contributed by atoms with Gasteiger partial charge in [-0.1, -0.05) is 36.4 Å². The smallest absolute Gasteiger partial charge is 0.243 e. The lowest BCUT2D eigenvalue weighted by Gasteiger charge is -2.37. The van der Waals surface area contributed by atoms with Gasteiger partial charge in [0.1, 0.15) is 5.75 Å². The minimum atomic E-state index is -3.61. The Kier molecular flexibility index (Phi) is 4.14. The normalized spacial score (nSPS) is 23.3. The summed E-state index contributed by atoms with van der Waals surface area (Å²) in [6.07, 6.45) is -0.514. The summed E-state index contributed by atoms with van der Waals surface area (Å²) in [6.45, 7) is 0. The first-order chi connectivity index (χ1) is 11.0. The zero-order valence-corrected chi connectivity index (χ0v) is 13.8. The van der Waals surface area contributed by atoms with Crippen molar-refractivity contribution in [3.63, 3.8) is 0 Å². The first-order valence-corrected chi connectivity index (χ1v) is 8.77. The van der Waals surface area contributed by atoms with Gasteiger partial charge < -0.3 is 9.84 Å². The van der Waals surface area contributed by atoms with Crippen LogP contribution in [0.15, 0.2) is 53.4 Å². The van der Waals surface area contributed by atoms with E-state index in [4.69, 9.17) is 4.74 Å². The van der Waals surface area contributed by atoms with Crippen LogP contribution in [0.25, 0.3) is 0 Å². The molecule has 23 heavy (non-hydrogen) atoms. The average molecular weight is 333 g/mol. The Bertz CT molecular complexity index is 819. The van der Waals surface area contributed by atoms with Crippen molar-refractivity contribution in [2.24, 2.45) is 0 Å². The van der Waals surface area contributed by atoms with E-state index in [9.17, 15) is 13.5 Å². The zero-order valence-electron chi connectivity index (χ0n) is 13.0. The van der Waals surface area contributed by atoms with Gasteiger partial charge in [0.25, 0.3) is 0 Å². The molecule has 1 aliphatic heterocycles. The van der Waals surface area contributed by atoms with Crippen LogP contribution >= 0.6 is 0 Å². The van der Waals surface area contributed by atoms with Gasteiger partial charge in [-0.3, -0.25) is 0 Å². The maximum Gasteiger partial charge on any atom is 0.243 e. The largest absolute Gasteiger partial charge is 0.496 e. The van der Waals surface area contributed by atoms with Crippen LogP contribution in [0.2, 0.25) is 0 Å². The lowest BCUT2D eigenvalue weighted by atomic mass is 9.95. The van der Waals surface area contributed by atoms with Crippen molar-refractivity contribution >= 4 is 10.0 Å². The van der Waals surface area contributed by atoms with Gasteiger partial charge >= 0.3 is 0 Å². The van der Waals surface area contributed by atoms with Gasteiger partial charge in [-0.15, -0.1) is 0 Å². The third-order valence-electron chi connectivity index (χ3n) is 4.35. The Hall–Kier alpha value is -1.89. The highest BCUT2D eigenvalue weighted by Gasteiger charge is 2.41. The number of sulfonamides is 1. The Labute approximate surface area is 136 Å². The molecule has 6 heteroatoms. The van der Waals surface area contributed by atoms with E-state index in [-0.39, 0.29) is 4.90 Å². The summed E-state index contributed by atoms with van der Waals surface area (Å²) in [5, 5.41) is 10.7. The molecule has 0 radical (unpaired) electrons. The fraction of sp³-hybridized carbons (Fsp3) is 0.294. The topological polar surface area (TPSA) is 66.8 Å². The predicted octanol–water partition coefficient (Wildman–Crippen LogP) is 1.97. The highest BCUT2D eigenvalue weighted by molar-refractivity contribution is 7.89. The maximum absolute atomic E-state index is 12.7. The molecule has 0 unspecified atom stereocenters. The van der Waals surface area contributed by atoms with Gasteiger partial charge in [0.05, 0.1) is 24.2 Å². The monoisotopic (exact) mass is 333 g/mol. The lowest BCUT2D eigenvalue weighted by Crippen LogP contribution is -2.46. The number of methoxy groups -OCH3 is 1. The van der Waals surface area contributed by atoms with Crippen molar-refractivity contribution in [3.05, 3.63) is 59.7 Å². The summed E-state index contributed by atoms with van der Waals surface area (Å²) in [7, 11) is -0.526. The number of benzene rings is 2. The number of fused-ring (bicyclic) bond motifs is 1. The second kappa shape index (κ2) is 5.96. The number of ether oxygens (including phenoxy) is 1. The molecule has 0 saturated heterocycles. The van der Waals surface area contributed by atoms with Crippen LogP contribution in [-0.2, 0) is 16.4 Å². The molecule has 0 aliphatic carbocycles. The SMILES string of the molecule is COc1ccccc1C[C@@H]1[C@@H](O)c2ccccc2S(=O)(=O)N1C. The van der Waals surface area contributed by atoms with Crippen LogP contribution < -0.4 is 4.74 Å². The van der Waals surface area contributed by atoms with Crippen molar-refractivity contribution < 1.29 is 18.3 Å². The first kappa shape index (κ1) is 16.0. The lowest BCUT2D eigenvalue weighted by molar-refractivity contribution is 0.0888. The Balaban J connectivity index is 2.04. The second-order valence-corrected chi connectivity index (χ2v) is 7.55. The second-order valence-electron chi connectivity index (χ2n) is 5.59. The van der Waals surface area contributed by atoms with Crippen molar-refractivity contribution in [2.45, 2.75) is 23.5 Å². The Morgan fingerprint density at radius 1 is 1.13 bits per heavy atom. The molecule has 0 amide bonds. The predicted molar refractivity (Wildman–Crippen MR) is 86.8 cm³/mol. The number of likely N-dealkylation sites (N-methyl/N-ethyl adjacent to an activating group) is 1. The van der Waals surface area contributed by atoms with Crippen LogP contribution in [0, 0.1) is 0 Å². The first-order valence-electron chi connectivity index (χ1n) is 7.33. The molecule has 1 N–H and O–H groups in total. The molecule has 0 fully saturated rings. The summed E-state index contributed by atoms with van der Waals surface area (Å²) in [5.41, 5.74) is 1.31. The number of hydrogen-bond acceptors (Lipinski definition) is 4. The molecule has 1 aliphatic rings. The van der Waals surface area contributed by atoms with Gasteiger partial charge in [-0.2, -0.15) is 4.31 Å². The van der Waals surface area contributed by atoms with Gasteiger partial charge in [0.15, 0.2) is 0 Å². The van der Waals surface area contributed by atoms with Crippen molar-refractivity contribution in [2.75, 3.05) is 14.2 Å². The van der Waals surface area contributed by atoms with E-state index in [0.717, 1.165) is 5.56 Å². The highest BCUT2D eigenvalue weighted by Crippen LogP contribution is 2.37. The molecule has 1 heterocycles. The third-order valence-corrected chi connectivity index (χ3v) is 6.30. The van der Waals surface area contributed by atoms with Crippen molar-refractivity contribution in [1.29, 1.82) is 0 Å². The quantitative estimate of drug-likeness (QED) is 0.933. The van der Waals surface area contributed by atoms with Crippen LogP contribution in [0.1, 0.15) is 17.2 Å². The molecule has 2 aromatic carbocycles. The molecule has 2 atom stereocenters. The maximum atomic E-state index is 12.7. The minimum Gasteiger partial charge on any atom is -0.496 e. The van der Waals surface area contributed by atoms with E-state index in [0.29, 0.717) is 17.7 Å². The molecule has 122 valence electrons. The standard InChI is InChI=1S/C17H19NO4S/c1-18-14(11-12-7-3-5-9-15(12)22-2)17(19)13-8-4-6-10-16(13)23(18,20)21/h3-10,14,17,19H,11H2,1-2H3/t14-,17+/m1/s1. The van der Waals surface area contributed by atoms with Crippen LogP contribution in [-0.4, -0.2) is 38.0 Å².